The third-order valence-electron chi connectivity index (χ3n) is 7.27. The lowest BCUT2D eigenvalue weighted by Crippen LogP contribution is -2.39. The maximum atomic E-state index is 13.6. The van der Waals surface area contributed by atoms with Gasteiger partial charge >= 0.3 is 0 Å². The summed E-state index contributed by atoms with van der Waals surface area (Å²) in [6.45, 7) is 9.30. The normalized spacial score (nSPS) is 12.1. The quantitative estimate of drug-likeness (QED) is 0.248. The maximum absolute atomic E-state index is 13.6. The molecule has 208 valence electrons. The maximum Gasteiger partial charge on any atom is 0.276 e. The lowest BCUT2D eigenvalue weighted by Gasteiger charge is -2.25. The number of para-hydroxylation sites is 1. The zero-order chi connectivity index (χ0) is 28.6. The number of rotatable bonds is 9. The minimum atomic E-state index is -0.325. The molecule has 0 fully saturated rings. The highest BCUT2D eigenvalue weighted by Gasteiger charge is 2.22. The van der Waals surface area contributed by atoms with Gasteiger partial charge in [-0.25, -0.2) is 9.67 Å². The molecule has 8 heteroatoms. The second-order valence-electron chi connectivity index (χ2n) is 11.6. The van der Waals surface area contributed by atoms with E-state index in [1.54, 1.807) is 7.05 Å². The number of hydrogen-bond donors (Lipinski definition) is 3. The summed E-state index contributed by atoms with van der Waals surface area (Å²) >= 11 is 0. The third kappa shape index (κ3) is 5.37. The number of fused-ring (bicyclic) bond motifs is 2. The number of pyridine rings is 1. The van der Waals surface area contributed by atoms with E-state index in [9.17, 15) is 9.90 Å². The summed E-state index contributed by atoms with van der Waals surface area (Å²) in [4.78, 5) is 18.5. The SMILES string of the molecule is CC(C)Cc1nn(C)c(=O)c2c(-c3cccc(CO)c3)n(Cc3cc(NC(C)(C)CN)nc4ccccc34)cc12. The minimum absolute atomic E-state index is 0.0778. The first-order valence-electron chi connectivity index (χ1n) is 13.8. The second kappa shape index (κ2) is 10.9. The molecule has 0 bridgehead atoms. The van der Waals surface area contributed by atoms with Crippen LogP contribution in [0.5, 0.6) is 0 Å². The molecule has 5 rings (SSSR count). The van der Waals surface area contributed by atoms with E-state index in [0.717, 1.165) is 56.6 Å². The lowest BCUT2D eigenvalue weighted by atomic mass is 10.0. The van der Waals surface area contributed by atoms with Gasteiger partial charge in [0.15, 0.2) is 0 Å². The monoisotopic (exact) mass is 538 g/mol. The fourth-order valence-electron chi connectivity index (χ4n) is 5.25. The number of nitrogens with two attached hydrogens (primary N) is 1. The summed E-state index contributed by atoms with van der Waals surface area (Å²) in [5, 5.41) is 20.6. The van der Waals surface area contributed by atoms with E-state index in [2.05, 4.69) is 47.2 Å². The number of aliphatic hydroxyl groups excluding tert-OH is 1. The topological polar surface area (TPSA) is 111 Å². The van der Waals surface area contributed by atoms with E-state index < -0.39 is 0 Å². The van der Waals surface area contributed by atoms with Crippen LogP contribution < -0.4 is 16.6 Å². The second-order valence-corrected chi connectivity index (χ2v) is 11.6. The number of anilines is 1. The van der Waals surface area contributed by atoms with Crippen LogP contribution in [0.25, 0.3) is 32.9 Å². The van der Waals surface area contributed by atoms with Gasteiger partial charge in [-0.05, 0) is 61.1 Å². The molecule has 2 aromatic carbocycles. The molecule has 3 aromatic heterocycles. The Morgan fingerprint density at radius 2 is 1.85 bits per heavy atom. The molecule has 3 heterocycles. The number of aryl methyl sites for hydroxylation is 1. The number of hydrogen-bond acceptors (Lipinski definition) is 6. The van der Waals surface area contributed by atoms with Crippen molar-refractivity contribution < 1.29 is 5.11 Å². The van der Waals surface area contributed by atoms with Crippen molar-refractivity contribution in [3.63, 3.8) is 0 Å². The first-order chi connectivity index (χ1) is 19.1. The zero-order valence-corrected chi connectivity index (χ0v) is 23.9. The summed E-state index contributed by atoms with van der Waals surface area (Å²) in [5.74, 6) is 1.13. The molecule has 0 aliphatic heterocycles. The predicted molar refractivity (Wildman–Crippen MR) is 162 cm³/mol. The molecule has 0 saturated carbocycles. The Hall–Kier alpha value is -4.01. The van der Waals surface area contributed by atoms with E-state index in [1.165, 1.54) is 4.68 Å². The van der Waals surface area contributed by atoms with Crippen LogP contribution in [-0.4, -0.2) is 36.5 Å². The van der Waals surface area contributed by atoms with Crippen LogP contribution in [0.3, 0.4) is 0 Å². The number of nitrogens with zero attached hydrogens (tertiary/aromatic N) is 4. The number of nitrogens with one attached hydrogen (secondary N) is 1. The van der Waals surface area contributed by atoms with E-state index in [4.69, 9.17) is 10.7 Å². The van der Waals surface area contributed by atoms with Gasteiger partial charge in [0.05, 0.1) is 28.9 Å². The molecule has 0 aliphatic carbocycles. The van der Waals surface area contributed by atoms with Crippen molar-refractivity contribution in [2.24, 2.45) is 18.7 Å². The molecule has 0 amide bonds. The van der Waals surface area contributed by atoms with Crippen molar-refractivity contribution in [2.75, 3.05) is 11.9 Å². The summed E-state index contributed by atoms with van der Waals surface area (Å²) in [6, 6.07) is 17.9. The van der Waals surface area contributed by atoms with Gasteiger partial charge in [-0.15, -0.1) is 0 Å². The molecule has 0 spiro atoms. The van der Waals surface area contributed by atoms with Crippen LogP contribution in [0, 0.1) is 5.92 Å². The first-order valence-corrected chi connectivity index (χ1v) is 13.8. The molecular weight excluding hydrogens is 500 g/mol. The van der Waals surface area contributed by atoms with Crippen molar-refractivity contribution >= 4 is 27.5 Å². The van der Waals surface area contributed by atoms with Crippen LogP contribution in [-0.2, 0) is 26.6 Å². The van der Waals surface area contributed by atoms with Crippen LogP contribution in [0.2, 0.25) is 0 Å². The van der Waals surface area contributed by atoms with Crippen molar-refractivity contribution in [1.82, 2.24) is 19.3 Å². The Labute approximate surface area is 234 Å². The molecule has 5 aromatic rings. The van der Waals surface area contributed by atoms with Crippen molar-refractivity contribution in [3.8, 4) is 11.3 Å². The minimum Gasteiger partial charge on any atom is -0.392 e. The first kappa shape index (κ1) is 27.6. The van der Waals surface area contributed by atoms with Gasteiger partial charge in [0.2, 0.25) is 0 Å². The molecular formula is C32H38N6O2. The van der Waals surface area contributed by atoms with Gasteiger partial charge < -0.3 is 20.7 Å². The van der Waals surface area contributed by atoms with Gasteiger partial charge in [0.1, 0.15) is 5.82 Å². The average Bonchev–Trinajstić information content (AvgIpc) is 3.30. The van der Waals surface area contributed by atoms with E-state index in [1.807, 2.05) is 56.3 Å². The fraction of sp³-hybridized carbons (Fsp3) is 0.344. The molecule has 8 nitrogen and oxygen atoms in total. The summed E-state index contributed by atoms with van der Waals surface area (Å²) in [5.41, 5.74) is 10.9. The van der Waals surface area contributed by atoms with Crippen LogP contribution in [0.4, 0.5) is 5.82 Å². The molecule has 0 saturated heterocycles. The highest BCUT2D eigenvalue weighted by molar-refractivity contribution is 5.97. The van der Waals surface area contributed by atoms with Crippen LogP contribution in [0.15, 0.2) is 65.6 Å². The summed E-state index contributed by atoms with van der Waals surface area (Å²) in [6.07, 6.45) is 2.82. The summed E-state index contributed by atoms with van der Waals surface area (Å²) in [7, 11) is 1.71. The van der Waals surface area contributed by atoms with E-state index in [-0.39, 0.29) is 17.7 Å². The molecule has 0 radical (unpaired) electrons. The van der Waals surface area contributed by atoms with Crippen molar-refractivity contribution in [3.05, 3.63) is 88.0 Å². The predicted octanol–water partition coefficient (Wildman–Crippen LogP) is 4.84. The standard InChI is InChI=1S/C32H38N6O2/c1-20(2)13-27-25-17-38(30(29(25)31(40)37(5)36-27)22-10-8-9-21(14-22)18-39)16-23-15-28(35-32(3,4)19-33)34-26-12-7-6-11-24(23)26/h6-12,14-15,17,20,39H,13,16,18-19,33H2,1-5H3,(H,34,35). The number of benzene rings is 2. The smallest absolute Gasteiger partial charge is 0.276 e. The Bertz CT molecular complexity index is 1750. The lowest BCUT2D eigenvalue weighted by molar-refractivity contribution is 0.282. The van der Waals surface area contributed by atoms with Gasteiger partial charge in [0, 0.05) is 42.6 Å². The van der Waals surface area contributed by atoms with Crippen LogP contribution >= 0.6 is 0 Å². The molecule has 4 N–H and O–H groups in total. The highest BCUT2D eigenvalue weighted by Crippen LogP contribution is 2.33. The molecule has 0 atom stereocenters. The zero-order valence-electron chi connectivity index (χ0n) is 23.9. The third-order valence-corrected chi connectivity index (χ3v) is 7.27. The number of aliphatic hydroxyl groups is 1. The van der Waals surface area contributed by atoms with Gasteiger partial charge in [0.25, 0.3) is 5.56 Å². The van der Waals surface area contributed by atoms with E-state index >= 15 is 0 Å². The van der Waals surface area contributed by atoms with Gasteiger partial charge in [-0.2, -0.15) is 5.10 Å². The summed E-state index contributed by atoms with van der Waals surface area (Å²) < 4.78 is 3.59. The number of aromatic nitrogens is 4. The Kier molecular flexibility index (Phi) is 7.49. The Morgan fingerprint density at radius 3 is 2.58 bits per heavy atom. The van der Waals surface area contributed by atoms with Gasteiger partial charge in [-0.1, -0.05) is 50.2 Å². The largest absolute Gasteiger partial charge is 0.392 e. The van der Waals surface area contributed by atoms with Crippen LogP contribution in [0.1, 0.15) is 44.5 Å². The van der Waals surface area contributed by atoms with Gasteiger partial charge in [-0.3, -0.25) is 4.79 Å². The Morgan fingerprint density at radius 1 is 1.07 bits per heavy atom. The average molecular weight is 539 g/mol. The highest BCUT2D eigenvalue weighted by atomic mass is 16.3. The van der Waals surface area contributed by atoms with Crippen molar-refractivity contribution in [1.29, 1.82) is 0 Å². The Balaban J connectivity index is 1.78. The molecule has 40 heavy (non-hydrogen) atoms. The molecule has 0 aliphatic rings. The fourth-order valence-corrected chi connectivity index (χ4v) is 5.25. The molecule has 0 unspecified atom stereocenters. The van der Waals surface area contributed by atoms with E-state index in [0.29, 0.717) is 24.4 Å². The van der Waals surface area contributed by atoms with Crippen molar-refractivity contribution in [2.45, 2.75) is 52.8 Å².